The highest BCUT2D eigenvalue weighted by atomic mass is 16.3. The SMILES string of the molecule is CCC(CC)(CCO)CNC(=O)C1CCCCCC1. The molecule has 1 rings (SSSR count). The topological polar surface area (TPSA) is 49.3 Å². The van der Waals surface area contributed by atoms with Crippen LogP contribution in [0.15, 0.2) is 0 Å². The van der Waals surface area contributed by atoms with Crippen molar-refractivity contribution < 1.29 is 9.90 Å². The van der Waals surface area contributed by atoms with Gasteiger partial charge in [0.25, 0.3) is 0 Å². The summed E-state index contributed by atoms with van der Waals surface area (Å²) in [5.74, 6) is 0.467. The van der Waals surface area contributed by atoms with Crippen molar-refractivity contribution >= 4 is 5.91 Å². The zero-order chi connectivity index (χ0) is 14.1. The van der Waals surface area contributed by atoms with Gasteiger partial charge < -0.3 is 10.4 Å². The lowest BCUT2D eigenvalue weighted by molar-refractivity contribution is -0.126. The molecule has 1 fully saturated rings. The summed E-state index contributed by atoms with van der Waals surface area (Å²) in [6, 6.07) is 0. The number of hydrogen-bond donors (Lipinski definition) is 2. The molecule has 0 aromatic carbocycles. The maximum absolute atomic E-state index is 12.3. The van der Waals surface area contributed by atoms with E-state index in [0.29, 0.717) is 0 Å². The van der Waals surface area contributed by atoms with Gasteiger partial charge in [-0.25, -0.2) is 0 Å². The Morgan fingerprint density at radius 2 is 1.74 bits per heavy atom. The lowest BCUT2D eigenvalue weighted by Gasteiger charge is -2.32. The third-order valence-corrected chi connectivity index (χ3v) is 5.01. The molecule has 3 nitrogen and oxygen atoms in total. The first-order valence-corrected chi connectivity index (χ1v) is 8.06. The predicted molar refractivity (Wildman–Crippen MR) is 78.9 cm³/mol. The Kier molecular flexibility index (Phi) is 7.44. The third-order valence-electron chi connectivity index (χ3n) is 5.01. The van der Waals surface area contributed by atoms with Crippen molar-refractivity contribution in [3.05, 3.63) is 0 Å². The van der Waals surface area contributed by atoms with Crippen LogP contribution in [0.4, 0.5) is 0 Å². The number of aliphatic hydroxyl groups excluding tert-OH is 1. The molecule has 112 valence electrons. The van der Waals surface area contributed by atoms with Crippen molar-refractivity contribution in [2.75, 3.05) is 13.2 Å². The monoisotopic (exact) mass is 269 g/mol. The number of carbonyl (C=O) groups is 1. The van der Waals surface area contributed by atoms with Crippen LogP contribution in [0.5, 0.6) is 0 Å². The van der Waals surface area contributed by atoms with E-state index in [1.165, 1.54) is 25.7 Å². The largest absolute Gasteiger partial charge is 0.396 e. The quantitative estimate of drug-likeness (QED) is 0.697. The van der Waals surface area contributed by atoms with Gasteiger partial charge >= 0.3 is 0 Å². The fraction of sp³-hybridized carbons (Fsp3) is 0.938. The maximum atomic E-state index is 12.3. The zero-order valence-corrected chi connectivity index (χ0v) is 12.7. The van der Waals surface area contributed by atoms with E-state index in [1.807, 2.05) is 0 Å². The molecule has 1 saturated carbocycles. The Morgan fingerprint density at radius 3 is 2.21 bits per heavy atom. The molecule has 0 unspecified atom stereocenters. The van der Waals surface area contributed by atoms with Gasteiger partial charge in [0.2, 0.25) is 5.91 Å². The fourth-order valence-electron chi connectivity index (χ4n) is 3.14. The van der Waals surface area contributed by atoms with E-state index in [2.05, 4.69) is 19.2 Å². The molecule has 0 atom stereocenters. The molecule has 0 bridgehead atoms. The maximum Gasteiger partial charge on any atom is 0.223 e. The molecule has 2 N–H and O–H groups in total. The molecule has 1 amide bonds. The van der Waals surface area contributed by atoms with Crippen molar-refractivity contribution in [2.45, 2.75) is 71.6 Å². The lowest BCUT2D eigenvalue weighted by atomic mass is 9.79. The average molecular weight is 269 g/mol. The van der Waals surface area contributed by atoms with E-state index in [9.17, 15) is 9.90 Å². The minimum atomic E-state index is 0.0785. The molecule has 1 aliphatic rings. The molecule has 0 aliphatic heterocycles. The lowest BCUT2D eigenvalue weighted by Crippen LogP contribution is -2.40. The van der Waals surface area contributed by atoms with E-state index in [1.54, 1.807) is 0 Å². The number of hydrogen-bond acceptors (Lipinski definition) is 2. The normalized spacial score (nSPS) is 18.1. The van der Waals surface area contributed by atoms with Crippen LogP contribution in [0, 0.1) is 11.3 Å². The van der Waals surface area contributed by atoms with Gasteiger partial charge in [0.05, 0.1) is 0 Å². The second-order valence-corrected chi connectivity index (χ2v) is 6.09. The van der Waals surface area contributed by atoms with Crippen molar-refractivity contribution in [1.82, 2.24) is 5.32 Å². The first-order chi connectivity index (χ1) is 9.17. The standard InChI is InChI=1S/C16H31NO2/c1-3-16(4-2,11-12-18)13-17-15(19)14-9-7-5-6-8-10-14/h14,18H,3-13H2,1-2H3,(H,17,19). The summed E-state index contributed by atoms with van der Waals surface area (Å²) in [6.07, 6.45) is 9.86. The average Bonchev–Trinajstić information content (AvgIpc) is 2.72. The van der Waals surface area contributed by atoms with Crippen LogP contribution in [0.3, 0.4) is 0 Å². The Labute approximate surface area is 118 Å². The van der Waals surface area contributed by atoms with Gasteiger partial charge in [0.15, 0.2) is 0 Å². The summed E-state index contributed by atoms with van der Waals surface area (Å²) in [4.78, 5) is 12.3. The summed E-state index contributed by atoms with van der Waals surface area (Å²) in [6.45, 7) is 5.23. The molecule has 3 heteroatoms. The first kappa shape index (κ1) is 16.5. The van der Waals surface area contributed by atoms with Gasteiger partial charge in [-0.15, -0.1) is 0 Å². The summed E-state index contributed by atoms with van der Waals surface area (Å²) >= 11 is 0. The van der Waals surface area contributed by atoms with Crippen molar-refractivity contribution in [2.24, 2.45) is 11.3 Å². The van der Waals surface area contributed by atoms with E-state index < -0.39 is 0 Å². The van der Waals surface area contributed by atoms with E-state index >= 15 is 0 Å². The second kappa shape index (κ2) is 8.57. The Balaban J connectivity index is 2.46. The van der Waals surface area contributed by atoms with Crippen molar-refractivity contribution in [3.8, 4) is 0 Å². The van der Waals surface area contributed by atoms with Crippen LogP contribution in [0.2, 0.25) is 0 Å². The van der Waals surface area contributed by atoms with Gasteiger partial charge in [-0.05, 0) is 37.5 Å². The van der Waals surface area contributed by atoms with E-state index in [-0.39, 0.29) is 23.8 Å². The van der Waals surface area contributed by atoms with Crippen LogP contribution in [0.1, 0.15) is 71.6 Å². The van der Waals surface area contributed by atoms with Gasteiger partial charge in [-0.1, -0.05) is 39.5 Å². The summed E-state index contributed by atoms with van der Waals surface area (Å²) in [5, 5.41) is 12.4. The van der Waals surface area contributed by atoms with Gasteiger partial charge in [-0.2, -0.15) is 0 Å². The molecule has 0 spiro atoms. The van der Waals surface area contributed by atoms with Crippen LogP contribution in [-0.4, -0.2) is 24.2 Å². The molecule has 0 saturated heterocycles. The number of carbonyl (C=O) groups excluding carboxylic acids is 1. The van der Waals surface area contributed by atoms with Crippen LogP contribution >= 0.6 is 0 Å². The van der Waals surface area contributed by atoms with Crippen LogP contribution in [0.25, 0.3) is 0 Å². The number of amides is 1. The fourth-order valence-corrected chi connectivity index (χ4v) is 3.14. The highest BCUT2D eigenvalue weighted by molar-refractivity contribution is 5.78. The highest BCUT2D eigenvalue weighted by Crippen LogP contribution is 2.30. The van der Waals surface area contributed by atoms with Gasteiger partial charge in [0.1, 0.15) is 0 Å². The Bertz CT molecular complexity index is 253. The molecule has 1 aliphatic carbocycles. The summed E-state index contributed by atoms with van der Waals surface area (Å²) < 4.78 is 0. The third kappa shape index (κ3) is 5.13. The second-order valence-electron chi connectivity index (χ2n) is 6.09. The molecular formula is C16H31NO2. The first-order valence-electron chi connectivity index (χ1n) is 8.06. The Morgan fingerprint density at radius 1 is 1.16 bits per heavy atom. The van der Waals surface area contributed by atoms with Gasteiger partial charge in [0, 0.05) is 19.1 Å². The smallest absolute Gasteiger partial charge is 0.223 e. The van der Waals surface area contributed by atoms with Gasteiger partial charge in [-0.3, -0.25) is 4.79 Å². The molecule has 0 aromatic heterocycles. The minimum absolute atomic E-state index is 0.0785. The van der Waals surface area contributed by atoms with Crippen molar-refractivity contribution in [1.29, 1.82) is 0 Å². The molecule has 0 radical (unpaired) electrons. The molecule has 0 heterocycles. The molecule has 0 aromatic rings. The van der Waals surface area contributed by atoms with Crippen LogP contribution < -0.4 is 5.32 Å². The van der Waals surface area contributed by atoms with E-state index in [4.69, 9.17) is 0 Å². The predicted octanol–water partition coefficient (Wildman–Crippen LogP) is 3.26. The molecule has 19 heavy (non-hydrogen) atoms. The highest BCUT2D eigenvalue weighted by Gasteiger charge is 2.28. The molecular weight excluding hydrogens is 238 g/mol. The zero-order valence-electron chi connectivity index (χ0n) is 12.7. The number of nitrogens with one attached hydrogen (secondary N) is 1. The Hall–Kier alpha value is -0.570. The summed E-state index contributed by atoms with van der Waals surface area (Å²) in [7, 11) is 0. The van der Waals surface area contributed by atoms with Crippen LogP contribution in [-0.2, 0) is 4.79 Å². The summed E-state index contributed by atoms with van der Waals surface area (Å²) in [5.41, 5.74) is 0.0785. The number of aliphatic hydroxyl groups is 1. The number of rotatable bonds is 7. The minimum Gasteiger partial charge on any atom is -0.396 e. The van der Waals surface area contributed by atoms with Crippen molar-refractivity contribution in [3.63, 3.8) is 0 Å². The van der Waals surface area contributed by atoms with E-state index in [0.717, 1.165) is 38.6 Å².